The third kappa shape index (κ3) is 5.15. The Bertz CT molecular complexity index is 203. The highest BCUT2D eigenvalue weighted by Crippen LogP contribution is 2.15. The fourth-order valence-corrected chi connectivity index (χ4v) is 2.47. The summed E-state index contributed by atoms with van der Waals surface area (Å²) in [6.45, 7) is 4.05. The van der Waals surface area contributed by atoms with E-state index in [1.54, 1.807) is 0 Å². The molecule has 1 heterocycles. The van der Waals surface area contributed by atoms with E-state index >= 15 is 0 Å². The van der Waals surface area contributed by atoms with Crippen LogP contribution in [-0.4, -0.2) is 48.2 Å². The Labute approximate surface area is 106 Å². The van der Waals surface area contributed by atoms with Crippen molar-refractivity contribution in [1.29, 1.82) is 0 Å². The number of alkyl halides is 1. The Morgan fingerprint density at radius 1 is 1.33 bits per heavy atom. The second-order valence-electron chi connectivity index (χ2n) is 4.51. The lowest BCUT2D eigenvalue weighted by Gasteiger charge is -2.37. The van der Waals surface area contributed by atoms with Gasteiger partial charge in [-0.1, -0.05) is 22.6 Å². The van der Waals surface area contributed by atoms with Gasteiger partial charge >= 0.3 is 5.97 Å². The smallest absolute Gasteiger partial charge is 0.306 e. The van der Waals surface area contributed by atoms with Gasteiger partial charge in [-0.25, -0.2) is 0 Å². The molecule has 0 amide bonds. The summed E-state index contributed by atoms with van der Waals surface area (Å²) in [5, 5.41) is 0. The normalized spacial score (nSPS) is 19.9. The molecule has 3 nitrogen and oxygen atoms in total. The summed E-state index contributed by atoms with van der Waals surface area (Å²) in [7, 11) is 2.27. The molecule has 0 unspecified atom stereocenters. The van der Waals surface area contributed by atoms with Crippen molar-refractivity contribution in [1.82, 2.24) is 0 Å². The molecule has 0 aromatic carbocycles. The highest BCUT2D eigenvalue weighted by molar-refractivity contribution is 14.1. The topological polar surface area (TPSA) is 26.3 Å². The van der Waals surface area contributed by atoms with E-state index in [4.69, 9.17) is 4.74 Å². The third-order valence-electron chi connectivity index (χ3n) is 3.09. The molecule has 4 heteroatoms. The van der Waals surface area contributed by atoms with Crippen LogP contribution in [-0.2, 0) is 9.53 Å². The van der Waals surface area contributed by atoms with Gasteiger partial charge in [0.25, 0.3) is 0 Å². The van der Waals surface area contributed by atoms with Crippen LogP contribution in [0.2, 0.25) is 0 Å². The van der Waals surface area contributed by atoms with Gasteiger partial charge in [-0.15, -0.1) is 0 Å². The summed E-state index contributed by atoms with van der Waals surface area (Å²) in [4.78, 5) is 11.2. The van der Waals surface area contributed by atoms with Crippen LogP contribution in [0.4, 0.5) is 0 Å². The SMILES string of the molecule is C[N+]1(CCOC(=O)CCI)CCCCC1. The van der Waals surface area contributed by atoms with Crippen LogP contribution in [0, 0.1) is 0 Å². The van der Waals surface area contributed by atoms with E-state index in [1.807, 2.05) is 0 Å². The third-order valence-corrected chi connectivity index (χ3v) is 3.63. The second kappa shape index (κ2) is 6.68. The van der Waals surface area contributed by atoms with E-state index < -0.39 is 0 Å². The van der Waals surface area contributed by atoms with Crippen molar-refractivity contribution >= 4 is 28.6 Å². The monoisotopic (exact) mass is 326 g/mol. The predicted octanol–water partition coefficient (Wildman–Crippen LogP) is 1.99. The van der Waals surface area contributed by atoms with E-state index in [0.29, 0.717) is 13.0 Å². The van der Waals surface area contributed by atoms with Crippen LogP contribution in [0.5, 0.6) is 0 Å². The molecule has 0 N–H and O–H groups in total. The number of likely N-dealkylation sites (N-methyl/N-ethyl adjacent to an activating group) is 1. The molecular formula is C11H21INO2+. The molecule has 1 aliphatic rings. The first-order valence-electron chi connectivity index (χ1n) is 5.71. The largest absolute Gasteiger partial charge is 0.460 e. The van der Waals surface area contributed by atoms with Crippen molar-refractivity contribution in [2.75, 3.05) is 37.7 Å². The quantitative estimate of drug-likeness (QED) is 0.334. The zero-order valence-corrected chi connectivity index (χ0v) is 11.7. The van der Waals surface area contributed by atoms with Crippen molar-refractivity contribution in [3.05, 3.63) is 0 Å². The van der Waals surface area contributed by atoms with Gasteiger partial charge in [0.15, 0.2) is 0 Å². The summed E-state index contributed by atoms with van der Waals surface area (Å²) in [5.41, 5.74) is 0. The minimum Gasteiger partial charge on any atom is -0.460 e. The average Bonchev–Trinajstić information content (AvgIpc) is 2.19. The van der Waals surface area contributed by atoms with E-state index in [9.17, 15) is 4.79 Å². The van der Waals surface area contributed by atoms with Gasteiger partial charge in [-0.2, -0.15) is 0 Å². The Hall–Kier alpha value is 0.160. The fraction of sp³-hybridized carbons (Fsp3) is 0.909. The van der Waals surface area contributed by atoms with E-state index in [2.05, 4.69) is 29.6 Å². The minimum atomic E-state index is -0.0481. The Morgan fingerprint density at radius 2 is 2.00 bits per heavy atom. The number of nitrogens with zero attached hydrogens (tertiary/aromatic N) is 1. The maximum atomic E-state index is 11.2. The lowest BCUT2D eigenvalue weighted by Crippen LogP contribution is -2.49. The number of piperidine rings is 1. The van der Waals surface area contributed by atoms with E-state index in [1.165, 1.54) is 32.4 Å². The first kappa shape index (κ1) is 13.2. The first-order valence-corrected chi connectivity index (χ1v) is 7.24. The van der Waals surface area contributed by atoms with Crippen LogP contribution in [0.1, 0.15) is 25.7 Å². The molecule has 0 bridgehead atoms. The van der Waals surface area contributed by atoms with Crippen LogP contribution in [0.15, 0.2) is 0 Å². The van der Waals surface area contributed by atoms with Gasteiger partial charge in [0.1, 0.15) is 13.2 Å². The highest BCUT2D eigenvalue weighted by atomic mass is 127. The lowest BCUT2D eigenvalue weighted by molar-refractivity contribution is -0.914. The zero-order chi connectivity index (χ0) is 11.1. The number of likely N-dealkylation sites (tertiary alicyclic amines) is 1. The molecule has 15 heavy (non-hydrogen) atoms. The number of carbonyl (C=O) groups excluding carboxylic acids is 1. The highest BCUT2D eigenvalue weighted by Gasteiger charge is 2.24. The molecule has 0 aliphatic carbocycles. The number of hydrogen-bond donors (Lipinski definition) is 0. The number of esters is 1. The summed E-state index contributed by atoms with van der Waals surface area (Å²) >= 11 is 2.20. The minimum absolute atomic E-state index is 0.0481. The number of ether oxygens (including phenoxy) is 1. The molecule has 88 valence electrons. The Balaban J connectivity index is 2.15. The molecular weight excluding hydrogens is 305 g/mol. The summed E-state index contributed by atoms with van der Waals surface area (Å²) in [5.74, 6) is -0.0481. The molecule has 0 aromatic rings. The average molecular weight is 326 g/mol. The number of quaternary nitrogens is 1. The molecule has 1 rings (SSSR count). The van der Waals surface area contributed by atoms with E-state index in [-0.39, 0.29) is 5.97 Å². The lowest BCUT2D eigenvalue weighted by atomic mass is 10.1. The van der Waals surface area contributed by atoms with Crippen molar-refractivity contribution in [2.24, 2.45) is 0 Å². The second-order valence-corrected chi connectivity index (χ2v) is 5.59. The van der Waals surface area contributed by atoms with Crippen molar-refractivity contribution < 1.29 is 14.0 Å². The van der Waals surface area contributed by atoms with Gasteiger partial charge in [0, 0.05) is 4.43 Å². The van der Waals surface area contributed by atoms with Gasteiger partial charge in [0.2, 0.25) is 0 Å². The molecule has 0 radical (unpaired) electrons. The fourth-order valence-electron chi connectivity index (χ4n) is 2.03. The van der Waals surface area contributed by atoms with Gasteiger partial charge in [0.05, 0.1) is 26.6 Å². The Morgan fingerprint density at radius 3 is 2.60 bits per heavy atom. The summed E-state index contributed by atoms with van der Waals surface area (Å²) in [6.07, 6.45) is 4.54. The molecule has 1 fully saturated rings. The number of carbonyl (C=O) groups is 1. The van der Waals surface area contributed by atoms with Crippen molar-refractivity contribution in [2.45, 2.75) is 25.7 Å². The van der Waals surface area contributed by atoms with Crippen LogP contribution in [0.25, 0.3) is 0 Å². The Kier molecular flexibility index (Phi) is 5.89. The van der Waals surface area contributed by atoms with Gasteiger partial charge in [-0.3, -0.25) is 4.79 Å². The molecule has 0 spiro atoms. The molecule has 0 atom stereocenters. The maximum Gasteiger partial charge on any atom is 0.306 e. The number of halogens is 1. The maximum absolute atomic E-state index is 11.2. The van der Waals surface area contributed by atoms with Crippen LogP contribution >= 0.6 is 22.6 Å². The predicted molar refractivity (Wildman–Crippen MR) is 69.1 cm³/mol. The molecule has 0 saturated carbocycles. The van der Waals surface area contributed by atoms with Gasteiger partial charge < -0.3 is 9.22 Å². The zero-order valence-electron chi connectivity index (χ0n) is 9.51. The molecule has 1 aliphatic heterocycles. The molecule has 1 saturated heterocycles. The summed E-state index contributed by atoms with van der Waals surface area (Å²) in [6, 6.07) is 0. The van der Waals surface area contributed by atoms with Crippen molar-refractivity contribution in [3.8, 4) is 0 Å². The number of rotatable bonds is 5. The standard InChI is InChI=1S/C11H21INO2/c1-13(7-3-2-4-8-13)9-10-15-11(14)5-6-12/h2-10H2,1H3/q+1. The van der Waals surface area contributed by atoms with Crippen LogP contribution < -0.4 is 0 Å². The van der Waals surface area contributed by atoms with Crippen LogP contribution in [0.3, 0.4) is 0 Å². The summed E-state index contributed by atoms with van der Waals surface area (Å²) < 4.78 is 7.12. The first-order chi connectivity index (χ1) is 7.16. The van der Waals surface area contributed by atoms with E-state index in [0.717, 1.165) is 15.5 Å². The van der Waals surface area contributed by atoms with Gasteiger partial charge in [-0.05, 0) is 19.3 Å². The molecule has 0 aromatic heterocycles. The van der Waals surface area contributed by atoms with Crippen molar-refractivity contribution in [3.63, 3.8) is 0 Å². The number of hydrogen-bond acceptors (Lipinski definition) is 2.